The van der Waals surface area contributed by atoms with E-state index in [2.05, 4.69) is 23.9 Å². The fourth-order valence-electron chi connectivity index (χ4n) is 2.06. The highest BCUT2D eigenvalue weighted by Crippen LogP contribution is 2.17. The number of esters is 2. The lowest BCUT2D eigenvalue weighted by Gasteiger charge is -2.10. The summed E-state index contributed by atoms with van der Waals surface area (Å²) in [6, 6.07) is 7.40. The van der Waals surface area contributed by atoms with Gasteiger partial charge in [0, 0.05) is 13.1 Å². The van der Waals surface area contributed by atoms with Crippen LogP contribution >= 0.6 is 0 Å². The summed E-state index contributed by atoms with van der Waals surface area (Å²) in [6.45, 7) is 5.43. The molecule has 5 nitrogen and oxygen atoms in total. The molecule has 1 aromatic rings. The Morgan fingerprint density at radius 2 is 1.96 bits per heavy atom. The van der Waals surface area contributed by atoms with Gasteiger partial charge in [-0.25, -0.2) is 4.79 Å². The van der Waals surface area contributed by atoms with Gasteiger partial charge in [0.2, 0.25) is 0 Å². The minimum absolute atomic E-state index is 0.0867. The maximum absolute atomic E-state index is 12.0. The second kappa shape index (κ2) is 10.8. The van der Waals surface area contributed by atoms with Crippen molar-refractivity contribution in [2.45, 2.75) is 45.8 Å². The van der Waals surface area contributed by atoms with Crippen LogP contribution in [0.15, 0.2) is 24.3 Å². The summed E-state index contributed by atoms with van der Waals surface area (Å²) >= 11 is 0. The number of halogens is 3. The van der Waals surface area contributed by atoms with Gasteiger partial charge in [0.05, 0.1) is 13.0 Å². The van der Waals surface area contributed by atoms with E-state index < -0.39 is 18.1 Å². The molecule has 0 saturated heterocycles. The highest BCUT2D eigenvalue weighted by Gasteiger charge is 2.42. The molecule has 0 unspecified atom stereocenters. The standard InChI is InChI=1S/C18H24F3NO4/c1-13(2)5-4-10-25-15-7-3-6-14(11-15)12-22-9-8-16(23)26-17(24)18(19,20)21/h3,6-7,11,13,22H,4-5,8-10,12H2,1-2H3. The average Bonchev–Trinajstić information content (AvgIpc) is 2.55. The van der Waals surface area contributed by atoms with E-state index in [4.69, 9.17) is 4.74 Å². The van der Waals surface area contributed by atoms with Gasteiger partial charge in [-0.2, -0.15) is 13.2 Å². The van der Waals surface area contributed by atoms with E-state index in [1.165, 1.54) is 0 Å². The van der Waals surface area contributed by atoms with Crippen LogP contribution < -0.4 is 10.1 Å². The Kier molecular flexibility index (Phi) is 9.12. The van der Waals surface area contributed by atoms with Crippen LogP contribution in [0.5, 0.6) is 5.75 Å². The highest BCUT2D eigenvalue weighted by molar-refractivity contribution is 5.88. The molecule has 146 valence electrons. The first-order valence-corrected chi connectivity index (χ1v) is 8.42. The SMILES string of the molecule is CC(C)CCCOc1cccc(CNCCC(=O)OC(=O)C(F)(F)F)c1. The van der Waals surface area contributed by atoms with E-state index in [0.29, 0.717) is 19.1 Å². The van der Waals surface area contributed by atoms with E-state index in [9.17, 15) is 22.8 Å². The molecule has 0 aliphatic heterocycles. The quantitative estimate of drug-likeness (QED) is 0.384. The zero-order valence-corrected chi connectivity index (χ0v) is 14.9. The van der Waals surface area contributed by atoms with Crippen molar-refractivity contribution in [3.05, 3.63) is 29.8 Å². The van der Waals surface area contributed by atoms with Crippen LogP contribution in [0.3, 0.4) is 0 Å². The summed E-state index contributed by atoms with van der Waals surface area (Å²) in [5.74, 6) is -2.35. The number of alkyl halides is 3. The number of nitrogens with one attached hydrogen (secondary N) is 1. The molecular formula is C18H24F3NO4. The van der Waals surface area contributed by atoms with Gasteiger partial charge in [0.15, 0.2) is 0 Å². The largest absolute Gasteiger partial charge is 0.494 e. The summed E-state index contributed by atoms with van der Waals surface area (Å²) in [5.41, 5.74) is 0.908. The molecule has 0 aliphatic rings. The summed E-state index contributed by atoms with van der Waals surface area (Å²) in [5, 5.41) is 2.91. The number of hydrogen-bond donors (Lipinski definition) is 1. The molecule has 0 fully saturated rings. The van der Waals surface area contributed by atoms with Crippen molar-refractivity contribution in [2.75, 3.05) is 13.2 Å². The molecule has 1 N–H and O–H groups in total. The lowest BCUT2D eigenvalue weighted by Crippen LogP contribution is -2.29. The summed E-state index contributed by atoms with van der Waals surface area (Å²) < 4.78 is 45.2. The molecule has 0 amide bonds. The van der Waals surface area contributed by atoms with Gasteiger partial charge in [0.25, 0.3) is 0 Å². The molecule has 0 atom stereocenters. The molecule has 0 radical (unpaired) electrons. The normalized spacial score (nSPS) is 11.5. The van der Waals surface area contributed by atoms with E-state index in [0.717, 1.165) is 24.2 Å². The molecule has 0 spiro atoms. The third kappa shape index (κ3) is 9.41. The Morgan fingerprint density at radius 1 is 1.23 bits per heavy atom. The van der Waals surface area contributed by atoms with E-state index in [-0.39, 0.29) is 13.0 Å². The Hall–Kier alpha value is -2.09. The minimum atomic E-state index is -5.17. The average molecular weight is 375 g/mol. The van der Waals surface area contributed by atoms with Gasteiger partial charge in [-0.05, 0) is 36.5 Å². The number of rotatable bonds is 10. The predicted octanol–water partition coefficient (Wildman–Crippen LogP) is 3.61. The van der Waals surface area contributed by atoms with Crippen molar-refractivity contribution in [1.29, 1.82) is 0 Å². The molecule has 1 rings (SSSR count). The van der Waals surface area contributed by atoms with Crippen molar-refractivity contribution in [3.63, 3.8) is 0 Å². The van der Waals surface area contributed by atoms with Crippen LogP contribution in [0, 0.1) is 5.92 Å². The fourth-order valence-corrected chi connectivity index (χ4v) is 2.06. The van der Waals surface area contributed by atoms with Crippen LogP contribution in [-0.4, -0.2) is 31.3 Å². The first kappa shape index (κ1) is 22.0. The lowest BCUT2D eigenvalue weighted by atomic mass is 10.1. The van der Waals surface area contributed by atoms with Crippen LogP contribution in [-0.2, 0) is 20.9 Å². The molecule has 0 aromatic heterocycles. The Balaban J connectivity index is 2.27. The fraction of sp³-hybridized carbons (Fsp3) is 0.556. The Labute approximate surface area is 150 Å². The van der Waals surface area contributed by atoms with Crippen molar-refractivity contribution >= 4 is 11.9 Å². The number of hydrogen-bond acceptors (Lipinski definition) is 5. The van der Waals surface area contributed by atoms with Crippen LogP contribution in [0.25, 0.3) is 0 Å². The zero-order valence-electron chi connectivity index (χ0n) is 14.9. The first-order valence-electron chi connectivity index (χ1n) is 8.42. The predicted molar refractivity (Wildman–Crippen MR) is 89.5 cm³/mol. The molecule has 0 aliphatic carbocycles. The summed E-state index contributed by atoms with van der Waals surface area (Å²) in [6.07, 6.45) is -3.45. The first-order chi connectivity index (χ1) is 12.2. The maximum atomic E-state index is 12.0. The van der Waals surface area contributed by atoms with Crippen LogP contribution in [0.1, 0.15) is 38.7 Å². The molecule has 1 aromatic carbocycles. The van der Waals surface area contributed by atoms with Gasteiger partial charge in [0.1, 0.15) is 5.75 Å². The second-order valence-corrected chi connectivity index (χ2v) is 6.22. The van der Waals surface area contributed by atoms with Crippen molar-refractivity contribution < 1.29 is 32.2 Å². The maximum Gasteiger partial charge on any atom is 0.491 e. The van der Waals surface area contributed by atoms with E-state index >= 15 is 0 Å². The molecule has 26 heavy (non-hydrogen) atoms. The molecule has 0 bridgehead atoms. The Morgan fingerprint density at radius 3 is 2.62 bits per heavy atom. The van der Waals surface area contributed by atoms with Crippen molar-refractivity contribution in [1.82, 2.24) is 5.32 Å². The summed E-state index contributed by atoms with van der Waals surface area (Å²) in [7, 11) is 0. The highest BCUT2D eigenvalue weighted by atomic mass is 19.4. The van der Waals surface area contributed by atoms with Gasteiger partial charge in [-0.3, -0.25) is 4.79 Å². The molecule has 0 saturated carbocycles. The molecular weight excluding hydrogens is 351 g/mol. The zero-order chi connectivity index (χ0) is 19.6. The minimum Gasteiger partial charge on any atom is -0.494 e. The lowest BCUT2D eigenvalue weighted by molar-refractivity contribution is -0.201. The van der Waals surface area contributed by atoms with Gasteiger partial charge in [-0.15, -0.1) is 0 Å². The number of benzene rings is 1. The van der Waals surface area contributed by atoms with Crippen LogP contribution in [0.2, 0.25) is 0 Å². The van der Waals surface area contributed by atoms with Gasteiger partial charge in [-0.1, -0.05) is 26.0 Å². The third-order valence-corrected chi connectivity index (χ3v) is 3.37. The van der Waals surface area contributed by atoms with Crippen molar-refractivity contribution in [2.24, 2.45) is 5.92 Å². The molecule has 0 heterocycles. The Bertz CT molecular complexity index is 588. The van der Waals surface area contributed by atoms with E-state index in [1.807, 2.05) is 24.3 Å². The molecule has 8 heteroatoms. The third-order valence-electron chi connectivity index (χ3n) is 3.37. The smallest absolute Gasteiger partial charge is 0.491 e. The number of ether oxygens (including phenoxy) is 2. The second-order valence-electron chi connectivity index (χ2n) is 6.22. The van der Waals surface area contributed by atoms with Gasteiger partial charge >= 0.3 is 18.1 Å². The monoisotopic (exact) mass is 375 g/mol. The summed E-state index contributed by atoms with van der Waals surface area (Å²) in [4.78, 5) is 21.7. The van der Waals surface area contributed by atoms with Crippen molar-refractivity contribution in [3.8, 4) is 5.75 Å². The van der Waals surface area contributed by atoms with E-state index in [1.54, 1.807) is 0 Å². The number of carbonyl (C=O) groups is 2. The van der Waals surface area contributed by atoms with Gasteiger partial charge < -0.3 is 14.8 Å². The topological polar surface area (TPSA) is 64.6 Å². The van der Waals surface area contributed by atoms with Crippen LogP contribution in [0.4, 0.5) is 13.2 Å². The number of carbonyl (C=O) groups excluding carboxylic acids is 2.